The van der Waals surface area contributed by atoms with Crippen LogP contribution in [-0.4, -0.2) is 0 Å². The minimum absolute atomic E-state index is 0.0217. The van der Waals surface area contributed by atoms with Gasteiger partial charge in [-0.1, -0.05) is 31.1 Å². The zero-order valence-electron chi connectivity index (χ0n) is 7.73. The molecule has 0 saturated heterocycles. The maximum absolute atomic E-state index is 13.0. The van der Waals surface area contributed by atoms with Crippen LogP contribution >= 0.6 is 0 Å². The number of rotatable bonds is 2. The third-order valence-corrected chi connectivity index (χ3v) is 1.91. The second-order valence-electron chi connectivity index (χ2n) is 3.21. The lowest BCUT2D eigenvalue weighted by Gasteiger charge is -1.97. The van der Waals surface area contributed by atoms with Crippen molar-refractivity contribution in [2.75, 3.05) is 0 Å². The van der Waals surface area contributed by atoms with Crippen LogP contribution in [0.25, 0.3) is 0 Å². The van der Waals surface area contributed by atoms with Crippen LogP contribution < -0.4 is 0 Å². The highest BCUT2D eigenvalue weighted by Crippen LogP contribution is 2.19. The first-order valence-corrected chi connectivity index (χ1v) is 4.45. The third-order valence-electron chi connectivity index (χ3n) is 1.91. The van der Waals surface area contributed by atoms with Crippen molar-refractivity contribution >= 4 is 0 Å². The highest BCUT2D eigenvalue weighted by molar-refractivity contribution is 5.34. The van der Waals surface area contributed by atoms with Crippen molar-refractivity contribution in [3.8, 4) is 0 Å². The van der Waals surface area contributed by atoms with Crippen molar-refractivity contribution in [2.45, 2.75) is 33.1 Å². The largest absolute Gasteiger partial charge is 0.211 e. The fraction of sp³-hybridized carbons (Fsp3) is 0.455. The summed E-state index contributed by atoms with van der Waals surface area (Å²) >= 11 is 0. The third kappa shape index (κ3) is 2.65. The number of hydrogen-bond donors (Lipinski definition) is 0. The van der Waals surface area contributed by atoms with Crippen molar-refractivity contribution in [1.82, 2.24) is 0 Å². The van der Waals surface area contributed by atoms with Gasteiger partial charge in [0.1, 0.15) is 5.83 Å². The molecule has 0 fully saturated rings. The van der Waals surface area contributed by atoms with Gasteiger partial charge >= 0.3 is 0 Å². The van der Waals surface area contributed by atoms with Gasteiger partial charge in [-0.05, 0) is 25.0 Å². The van der Waals surface area contributed by atoms with Crippen molar-refractivity contribution < 1.29 is 4.39 Å². The van der Waals surface area contributed by atoms with Gasteiger partial charge in [-0.2, -0.15) is 0 Å². The summed E-state index contributed by atoms with van der Waals surface area (Å²) in [6.07, 6.45) is 8.15. The molecule has 0 aliphatic heterocycles. The molecule has 0 spiro atoms. The van der Waals surface area contributed by atoms with Gasteiger partial charge in [0.25, 0.3) is 0 Å². The molecule has 66 valence electrons. The minimum Gasteiger partial charge on any atom is -0.211 e. The van der Waals surface area contributed by atoms with Gasteiger partial charge in [0.05, 0.1) is 0 Å². The molecular weight excluding hydrogens is 151 g/mol. The van der Waals surface area contributed by atoms with Crippen LogP contribution in [0.2, 0.25) is 0 Å². The Morgan fingerprint density at radius 3 is 2.83 bits per heavy atom. The molecule has 0 unspecified atom stereocenters. The molecule has 0 radical (unpaired) electrons. The Morgan fingerprint density at radius 1 is 1.42 bits per heavy atom. The SMILES string of the molecule is CCCC1=CC(C)=CCC(F)=C1. The first-order chi connectivity index (χ1) is 5.72. The van der Waals surface area contributed by atoms with E-state index in [0.29, 0.717) is 6.42 Å². The van der Waals surface area contributed by atoms with Gasteiger partial charge in [0.2, 0.25) is 0 Å². The monoisotopic (exact) mass is 166 g/mol. The van der Waals surface area contributed by atoms with Crippen LogP contribution in [0.3, 0.4) is 0 Å². The van der Waals surface area contributed by atoms with Gasteiger partial charge in [-0.3, -0.25) is 0 Å². The van der Waals surface area contributed by atoms with E-state index in [2.05, 4.69) is 13.0 Å². The minimum atomic E-state index is -0.0217. The Labute approximate surface area is 73.5 Å². The summed E-state index contributed by atoms with van der Waals surface area (Å²) in [5, 5.41) is 0. The molecule has 0 amide bonds. The van der Waals surface area contributed by atoms with Crippen LogP contribution in [0.1, 0.15) is 33.1 Å². The molecule has 0 nitrogen and oxygen atoms in total. The van der Waals surface area contributed by atoms with E-state index in [1.165, 1.54) is 5.57 Å². The van der Waals surface area contributed by atoms with Gasteiger partial charge < -0.3 is 0 Å². The fourth-order valence-corrected chi connectivity index (χ4v) is 1.34. The lowest BCUT2D eigenvalue weighted by Crippen LogP contribution is -1.78. The second-order valence-corrected chi connectivity index (χ2v) is 3.21. The van der Waals surface area contributed by atoms with E-state index in [1.807, 2.05) is 13.0 Å². The molecule has 0 saturated carbocycles. The van der Waals surface area contributed by atoms with Crippen molar-refractivity contribution in [3.05, 3.63) is 35.2 Å². The Kier molecular flexibility index (Phi) is 3.27. The highest BCUT2D eigenvalue weighted by Gasteiger charge is 2.01. The predicted molar refractivity (Wildman–Crippen MR) is 50.6 cm³/mol. The van der Waals surface area contributed by atoms with E-state index in [9.17, 15) is 4.39 Å². The van der Waals surface area contributed by atoms with Gasteiger partial charge in [-0.25, -0.2) is 4.39 Å². The number of hydrogen-bond acceptors (Lipinski definition) is 0. The zero-order valence-corrected chi connectivity index (χ0v) is 7.73. The molecule has 0 aromatic rings. The Bertz CT molecular complexity index is 244. The standard InChI is InChI=1S/C11H15F/c1-3-4-10-7-9(2)5-6-11(12)8-10/h5,7-8H,3-4,6H2,1-2H3. The molecule has 0 N–H and O–H groups in total. The average molecular weight is 166 g/mol. The predicted octanol–water partition coefficient (Wildman–Crippen LogP) is 3.92. The molecule has 0 atom stereocenters. The molecule has 1 aliphatic carbocycles. The summed E-state index contributed by atoms with van der Waals surface area (Å²) in [6, 6.07) is 0. The molecular formula is C11H15F. The summed E-state index contributed by atoms with van der Waals surface area (Å²) < 4.78 is 13.0. The lowest BCUT2D eigenvalue weighted by molar-refractivity contribution is 0.616. The van der Waals surface area contributed by atoms with Crippen LogP contribution in [-0.2, 0) is 0 Å². The van der Waals surface area contributed by atoms with Gasteiger partial charge in [0.15, 0.2) is 0 Å². The molecule has 0 heterocycles. The number of allylic oxidation sites excluding steroid dienone is 6. The summed E-state index contributed by atoms with van der Waals surface area (Å²) in [5.41, 5.74) is 2.28. The van der Waals surface area contributed by atoms with E-state index >= 15 is 0 Å². The van der Waals surface area contributed by atoms with Crippen LogP contribution in [0.4, 0.5) is 4.39 Å². The van der Waals surface area contributed by atoms with Crippen LogP contribution in [0.5, 0.6) is 0 Å². The maximum Gasteiger partial charge on any atom is 0.104 e. The summed E-state index contributed by atoms with van der Waals surface area (Å²) in [7, 11) is 0. The van der Waals surface area contributed by atoms with Crippen molar-refractivity contribution in [3.63, 3.8) is 0 Å². The van der Waals surface area contributed by atoms with E-state index in [4.69, 9.17) is 0 Å². The molecule has 12 heavy (non-hydrogen) atoms. The maximum atomic E-state index is 13.0. The van der Waals surface area contributed by atoms with Crippen molar-refractivity contribution in [2.24, 2.45) is 0 Å². The molecule has 0 bridgehead atoms. The Morgan fingerprint density at radius 2 is 2.17 bits per heavy atom. The van der Waals surface area contributed by atoms with Crippen molar-refractivity contribution in [1.29, 1.82) is 0 Å². The fourth-order valence-electron chi connectivity index (χ4n) is 1.34. The Balaban J connectivity index is 2.80. The highest BCUT2D eigenvalue weighted by atomic mass is 19.1. The second kappa shape index (κ2) is 4.24. The first-order valence-electron chi connectivity index (χ1n) is 4.45. The molecule has 1 aliphatic rings. The molecule has 1 heteroatoms. The Hall–Kier alpha value is -0.850. The van der Waals surface area contributed by atoms with Gasteiger partial charge in [-0.15, -0.1) is 0 Å². The lowest BCUT2D eigenvalue weighted by atomic mass is 10.1. The van der Waals surface area contributed by atoms with E-state index < -0.39 is 0 Å². The summed E-state index contributed by atoms with van der Waals surface area (Å²) in [5.74, 6) is -0.0217. The molecule has 1 rings (SSSR count). The first kappa shape index (κ1) is 9.24. The van der Waals surface area contributed by atoms with Gasteiger partial charge in [0, 0.05) is 6.42 Å². The van der Waals surface area contributed by atoms with Crippen LogP contribution in [0, 0.1) is 0 Å². The topological polar surface area (TPSA) is 0 Å². The van der Waals surface area contributed by atoms with E-state index in [0.717, 1.165) is 18.4 Å². The smallest absolute Gasteiger partial charge is 0.104 e. The normalized spacial score (nSPS) is 17.8. The zero-order chi connectivity index (χ0) is 8.97. The number of halogens is 1. The quantitative estimate of drug-likeness (QED) is 0.583. The molecule has 0 aromatic carbocycles. The van der Waals surface area contributed by atoms with E-state index in [-0.39, 0.29) is 5.83 Å². The summed E-state index contributed by atoms with van der Waals surface area (Å²) in [4.78, 5) is 0. The average Bonchev–Trinajstić information content (AvgIpc) is 2.14. The van der Waals surface area contributed by atoms with E-state index in [1.54, 1.807) is 6.08 Å². The molecule has 0 aromatic heterocycles. The summed E-state index contributed by atoms with van der Waals surface area (Å²) in [6.45, 7) is 4.12. The van der Waals surface area contributed by atoms with Crippen LogP contribution in [0.15, 0.2) is 35.2 Å².